The summed E-state index contributed by atoms with van der Waals surface area (Å²) in [4.78, 5) is 21.9. The summed E-state index contributed by atoms with van der Waals surface area (Å²) in [6.45, 7) is 0. The third-order valence-corrected chi connectivity index (χ3v) is 3.10. The fourth-order valence-electron chi connectivity index (χ4n) is 1.29. The van der Waals surface area contributed by atoms with Crippen LogP contribution in [-0.2, 0) is 0 Å². The average Bonchev–Trinajstić information content (AvgIpc) is 2.59. The molecule has 1 aromatic carbocycles. The molecule has 0 aliphatic rings. The summed E-state index contributed by atoms with van der Waals surface area (Å²) in [5, 5.41) is 9.59. The number of rotatable bonds is 2. The Hall–Kier alpha value is -1.88. The molecular formula is C10H7NO3S. The van der Waals surface area contributed by atoms with Gasteiger partial charge < -0.3 is 10.8 Å². The van der Waals surface area contributed by atoms with Gasteiger partial charge in [0.05, 0.1) is 0 Å². The molecule has 2 rings (SSSR count). The lowest BCUT2D eigenvalue weighted by Crippen LogP contribution is -2.10. The van der Waals surface area contributed by atoms with Crippen LogP contribution in [-0.4, -0.2) is 17.0 Å². The molecule has 15 heavy (non-hydrogen) atoms. The number of carboxylic acid groups (broad SMARTS) is 1. The molecule has 1 heterocycles. The van der Waals surface area contributed by atoms with Crippen LogP contribution in [0.2, 0.25) is 0 Å². The maximum absolute atomic E-state index is 10.9. The van der Waals surface area contributed by atoms with Crippen LogP contribution in [0.5, 0.6) is 0 Å². The number of amides is 1. The van der Waals surface area contributed by atoms with Gasteiger partial charge in [0.25, 0.3) is 0 Å². The Kier molecular flexibility index (Phi) is 2.17. The molecule has 0 fully saturated rings. The Morgan fingerprint density at radius 1 is 1.27 bits per heavy atom. The van der Waals surface area contributed by atoms with Crippen LogP contribution >= 0.6 is 11.3 Å². The lowest BCUT2D eigenvalue weighted by Gasteiger charge is -1.93. The largest absolute Gasteiger partial charge is 0.477 e. The summed E-state index contributed by atoms with van der Waals surface area (Å²) in [6.07, 6.45) is 0. The number of thiophene rings is 1. The van der Waals surface area contributed by atoms with Crippen LogP contribution in [0, 0.1) is 0 Å². The summed E-state index contributed by atoms with van der Waals surface area (Å²) >= 11 is 1.13. The zero-order chi connectivity index (χ0) is 11.0. The predicted molar refractivity (Wildman–Crippen MR) is 57.3 cm³/mol. The van der Waals surface area contributed by atoms with Crippen LogP contribution in [0.25, 0.3) is 10.1 Å². The third-order valence-electron chi connectivity index (χ3n) is 2.02. The van der Waals surface area contributed by atoms with Crippen molar-refractivity contribution in [1.82, 2.24) is 0 Å². The second kappa shape index (κ2) is 3.36. The standard InChI is InChI=1S/C10H7NO3S/c11-9(12)6-2-1-5-3-8(10(13)14)15-7(5)4-6/h1-4H,(H2,11,12)(H,13,14). The molecule has 1 aromatic heterocycles. The predicted octanol–water partition coefficient (Wildman–Crippen LogP) is 1.70. The number of aromatic carboxylic acids is 1. The minimum Gasteiger partial charge on any atom is -0.477 e. The van der Waals surface area contributed by atoms with Gasteiger partial charge in [0.2, 0.25) is 5.91 Å². The van der Waals surface area contributed by atoms with Crippen LogP contribution in [0.4, 0.5) is 0 Å². The first kappa shape index (κ1) is 9.67. The van der Waals surface area contributed by atoms with E-state index in [1.165, 1.54) is 0 Å². The van der Waals surface area contributed by atoms with E-state index in [2.05, 4.69) is 0 Å². The SMILES string of the molecule is NC(=O)c1ccc2cc(C(=O)O)sc2c1. The van der Waals surface area contributed by atoms with Gasteiger partial charge in [-0.25, -0.2) is 4.79 Å². The molecule has 2 aromatic rings. The molecular weight excluding hydrogens is 214 g/mol. The molecule has 3 N–H and O–H groups in total. The quantitative estimate of drug-likeness (QED) is 0.809. The third kappa shape index (κ3) is 1.69. The highest BCUT2D eigenvalue weighted by Crippen LogP contribution is 2.26. The van der Waals surface area contributed by atoms with Crippen molar-refractivity contribution in [2.24, 2.45) is 5.73 Å². The lowest BCUT2D eigenvalue weighted by atomic mass is 10.1. The molecule has 0 saturated carbocycles. The van der Waals surface area contributed by atoms with E-state index < -0.39 is 11.9 Å². The van der Waals surface area contributed by atoms with Crippen molar-refractivity contribution in [3.8, 4) is 0 Å². The highest BCUT2D eigenvalue weighted by Gasteiger charge is 2.09. The number of carboxylic acids is 1. The maximum atomic E-state index is 10.9. The molecule has 0 saturated heterocycles. The first-order valence-corrected chi connectivity index (χ1v) is 4.96. The monoisotopic (exact) mass is 221 g/mol. The normalized spacial score (nSPS) is 10.4. The Bertz CT molecular complexity index is 547. The van der Waals surface area contributed by atoms with Gasteiger partial charge >= 0.3 is 5.97 Å². The number of fused-ring (bicyclic) bond motifs is 1. The number of nitrogens with two attached hydrogens (primary N) is 1. The second-order valence-electron chi connectivity index (χ2n) is 3.03. The zero-order valence-corrected chi connectivity index (χ0v) is 8.38. The lowest BCUT2D eigenvalue weighted by molar-refractivity contribution is 0.0702. The Balaban J connectivity index is 2.62. The molecule has 1 amide bonds. The Morgan fingerprint density at radius 3 is 2.60 bits per heavy atom. The van der Waals surface area contributed by atoms with E-state index in [1.807, 2.05) is 0 Å². The molecule has 0 unspecified atom stereocenters. The summed E-state index contributed by atoms with van der Waals surface area (Å²) < 4.78 is 0.753. The summed E-state index contributed by atoms with van der Waals surface area (Å²) in [5.74, 6) is -1.47. The highest BCUT2D eigenvalue weighted by atomic mass is 32.1. The molecule has 0 radical (unpaired) electrons. The summed E-state index contributed by atoms with van der Waals surface area (Å²) in [7, 11) is 0. The maximum Gasteiger partial charge on any atom is 0.345 e. The van der Waals surface area contributed by atoms with Gasteiger partial charge in [0.1, 0.15) is 4.88 Å². The van der Waals surface area contributed by atoms with Crippen molar-refractivity contribution in [3.05, 3.63) is 34.7 Å². The van der Waals surface area contributed by atoms with Crippen LogP contribution in [0.1, 0.15) is 20.0 Å². The molecule has 76 valence electrons. The molecule has 0 aliphatic carbocycles. The molecule has 0 spiro atoms. The number of hydrogen-bond donors (Lipinski definition) is 2. The van der Waals surface area contributed by atoms with E-state index >= 15 is 0 Å². The minimum atomic E-state index is -0.961. The van der Waals surface area contributed by atoms with Crippen LogP contribution in [0.15, 0.2) is 24.3 Å². The highest BCUT2D eigenvalue weighted by molar-refractivity contribution is 7.20. The van der Waals surface area contributed by atoms with E-state index in [0.29, 0.717) is 5.56 Å². The fourth-order valence-corrected chi connectivity index (χ4v) is 2.23. The van der Waals surface area contributed by atoms with Gasteiger partial charge in [-0.05, 0) is 23.6 Å². The van der Waals surface area contributed by atoms with Gasteiger partial charge in [0, 0.05) is 10.3 Å². The van der Waals surface area contributed by atoms with Crippen molar-refractivity contribution in [1.29, 1.82) is 0 Å². The van der Waals surface area contributed by atoms with E-state index in [0.717, 1.165) is 21.4 Å². The van der Waals surface area contributed by atoms with Crippen LogP contribution in [0.3, 0.4) is 0 Å². The zero-order valence-electron chi connectivity index (χ0n) is 7.56. The Labute approximate surface area is 88.9 Å². The number of hydrogen-bond acceptors (Lipinski definition) is 3. The molecule has 0 aliphatic heterocycles. The minimum absolute atomic E-state index is 0.256. The Morgan fingerprint density at radius 2 is 2.00 bits per heavy atom. The summed E-state index contributed by atoms with van der Waals surface area (Å²) in [5.41, 5.74) is 5.51. The topological polar surface area (TPSA) is 80.4 Å². The van der Waals surface area contributed by atoms with E-state index in [1.54, 1.807) is 24.3 Å². The smallest absolute Gasteiger partial charge is 0.345 e. The molecule has 0 atom stereocenters. The van der Waals surface area contributed by atoms with E-state index in [4.69, 9.17) is 10.8 Å². The van der Waals surface area contributed by atoms with Crippen molar-refractivity contribution in [3.63, 3.8) is 0 Å². The number of primary amides is 1. The summed E-state index contributed by atoms with van der Waals surface area (Å²) in [6, 6.07) is 6.46. The number of carbonyl (C=O) groups is 2. The van der Waals surface area contributed by atoms with Gasteiger partial charge in [-0.3, -0.25) is 4.79 Å². The first-order chi connectivity index (χ1) is 7.08. The molecule has 4 nitrogen and oxygen atoms in total. The number of benzene rings is 1. The van der Waals surface area contributed by atoms with Crippen molar-refractivity contribution in [2.45, 2.75) is 0 Å². The van der Waals surface area contributed by atoms with E-state index in [9.17, 15) is 9.59 Å². The van der Waals surface area contributed by atoms with Crippen molar-refractivity contribution in [2.75, 3.05) is 0 Å². The van der Waals surface area contributed by atoms with Crippen molar-refractivity contribution >= 4 is 33.3 Å². The second-order valence-corrected chi connectivity index (χ2v) is 4.12. The van der Waals surface area contributed by atoms with Gasteiger partial charge in [0.15, 0.2) is 0 Å². The fraction of sp³-hybridized carbons (Fsp3) is 0. The van der Waals surface area contributed by atoms with Crippen molar-refractivity contribution < 1.29 is 14.7 Å². The molecule has 0 bridgehead atoms. The van der Waals surface area contributed by atoms with Gasteiger partial charge in [-0.15, -0.1) is 11.3 Å². The average molecular weight is 221 g/mol. The van der Waals surface area contributed by atoms with Gasteiger partial charge in [-0.2, -0.15) is 0 Å². The number of carbonyl (C=O) groups excluding carboxylic acids is 1. The first-order valence-electron chi connectivity index (χ1n) is 4.14. The van der Waals surface area contributed by atoms with Crippen LogP contribution < -0.4 is 5.73 Å². The van der Waals surface area contributed by atoms with E-state index in [-0.39, 0.29) is 4.88 Å². The van der Waals surface area contributed by atoms with Gasteiger partial charge in [-0.1, -0.05) is 6.07 Å². The molecule has 5 heteroatoms.